The summed E-state index contributed by atoms with van der Waals surface area (Å²) in [5.41, 5.74) is -0.735. The highest BCUT2D eigenvalue weighted by molar-refractivity contribution is 5.89. The predicted molar refractivity (Wildman–Crippen MR) is 70.1 cm³/mol. The van der Waals surface area contributed by atoms with Crippen molar-refractivity contribution in [2.75, 3.05) is 6.61 Å². The minimum atomic E-state index is -4.51. The van der Waals surface area contributed by atoms with Gasteiger partial charge >= 0.3 is 12.1 Å². The third kappa shape index (κ3) is 3.26. The number of hydrogen-bond acceptors (Lipinski definition) is 5. The molecule has 118 valence electrons. The molecule has 2 heterocycles. The summed E-state index contributed by atoms with van der Waals surface area (Å²) in [6, 6.07) is 2.02. The van der Waals surface area contributed by atoms with Gasteiger partial charge in [-0.1, -0.05) is 6.92 Å². The molecule has 0 atom stereocenters. The van der Waals surface area contributed by atoms with Gasteiger partial charge in [0.1, 0.15) is 11.5 Å². The van der Waals surface area contributed by atoms with Gasteiger partial charge < -0.3 is 9.15 Å². The Morgan fingerprint density at radius 2 is 2.05 bits per heavy atom. The summed E-state index contributed by atoms with van der Waals surface area (Å²) < 4.78 is 47.7. The molecule has 0 N–H and O–H groups in total. The van der Waals surface area contributed by atoms with Crippen LogP contribution >= 0.6 is 0 Å². The molecule has 0 unspecified atom stereocenters. The fraction of sp³-hybridized carbons (Fsp3) is 0.357. The zero-order valence-corrected chi connectivity index (χ0v) is 11.9. The molecule has 0 aliphatic heterocycles. The largest absolute Gasteiger partial charge is 0.461 e. The summed E-state index contributed by atoms with van der Waals surface area (Å²) >= 11 is 0. The van der Waals surface area contributed by atoms with Crippen LogP contribution in [0.1, 0.15) is 35.8 Å². The molecule has 0 aliphatic carbocycles. The molecule has 8 heteroatoms. The van der Waals surface area contributed by atoms with Crippen LogP contribution in [0.15, 0.2) is 22.7 Å². The maximum atomic E-state index is 12.5. The molecule has 0 aliphatic rings. The number of oxazole rings is 1. The highest BCUT2D eigenvalue weighted by Gasteiger charge is 2.32. The van der Waals surface area contributed by atoms with Crippen LogP contribution in [0.25, 0.3) is 11.5 Å². The van der Waals surface area contributed by atoms with E-state index in [2.05, 4.69) is 9.97 Å². The minimum absolute atomic E-state index is 0.0271. The number of hydrogen-bond donors (Lipinski definition) is 0. The molecule has 0 amide bonds. The normalized spacial score (nSPS) is 11.5. The molecule has 0 saturated carbocycles. The lowest BCUT2D eigenvalue weighted by molar-refractivity contribution is -0.141. The summed E-state index contributed by atoms with van der Waals surface area (Å²) in [5.74, 6) is -0.288. The molecule has 2 rings (SSSR count). The molecule has 22 heavy (non-hydrogen) atoms. The molecule has 0 saturated heterocycles. The second kappa shape index (κ2) is 6.17. The summed E-state index contributed by atoms with van der Waals surface area (Å²) in [6.07, 6.45) is -3.11. The van der Waals surface area contributed by atoms with Crippen molar-refractivity contribution in [3.05, 3.63) is 35.5 Å². The highest BCUT2D eigenvalue weighted by atomic mass is 19.4. The number of ether oxygens (including phenoxy) is 1. The SMILES string of the molecule is CCOC(=O)c1nc(-c2ccc(C(F)(F)F)nc2)oc1CC. The lowest BCUT2D eigenvalue weighted by atomic mass is 10.2. The molecule has 2 aromatic rings. The first kappa shape index (κ1) is 16.0. The number of pyridine rings is 1. The van der Waals surface area contributed by atoms with Crippen LogP contribution < -0.4 is 0 Å². The Hall–Kier alpha value is -2.38. The van der Waals surface area contributed by atoms with Gasteiger partial charge in [-0.2, -0.15) is 13.2 Å². The summed E-state index contributed by atoms with van der Waals surface area (Å²) in [4.78, 5) is 19.1. The van der Waals surface area contributed by atoms with Gasteiger partial charge in [-0.05, 0) is 19.1 Å². The number of alkyl halides is 3. The van der Waals surface area contributed by atoms with E-state index in [0.29, 0.717) is 12.2 Å². The molecule has 0 spiro atoms. The molecule has 0 bridgehead atoms. The van der Waals surface area contributed by atoms with E-state index >= 15 is 0 Å². The molecule has 0 aromatic carbocycles. The van der Waals surface area contributed by atoms with Crippen molar-refractivity contribution in [2.24, 2.45) is 0 Å². The van der Waals surface area contributed by atoms with E-state index < -0.39 is 17.8 Å². The van der Waals surface area contributed by atoms with Gasteiger partial charge in [-0.25, -0.2) is 9.78 Å². The molecule has 0 radical (unpaired) electrons. The number of carbonyl (C=O) groups excluding carboxylic acids is 1. The lowest BCUT2D eigenvalue weighted by Crippen LogP contribution is -2.08. The smallest absolute Gasteiger partial charge is 0.433 e. The maximum absolute atomic E-state index is 12.5. The monoisotopic (exact) mass is 314 g/mol. The van der Waals surface area contributed by atoms with Crippen LogP contribution in [0.3, 0.4) is 0 Å². The Balaban J connectivity index is 2.35. The van der Waals surface area contributed by atoms with Crippen molar-refractivity contribution in [1.29, 1.82) is 0 Å². The highest BCUT2D eigenvalue weighted by Crippen LogP contribution is 2.29. The standard InChI is InChI=1S/C14H13F3N2O3/c1-3-9-11(13(20)21-4-2)19-12(22-9)8-5-6-10(18-7-8)14(15,16)17/h5-7H,3-4H2,1-2H3. The van der Waals surface area contributed by atoms with E-state index in [0.717, 1.165) is 12.3 Å². The van der Waals surface area contributed by atoms with Gasteiger partial charge in [0, 0.05) is 12.6 Å². The van der Waals surface area contributed by atoms with Crippen LogP contribution in [-0.2, 0) is 17.3 Å². The average molecular weight is 314 g/mol. The maximum Gasteiger partial charge on any atom is 0.433 e. The lowest BCUT2D eigenvalue weighted by Gasteiger charge is -2.04. The number of aromatic nitrogens is 2. The van der Waals surface area contributed by atoms with E-state index in [1.807, 2.05) is 0 Å². The van der Waals surface area contributed by atoms with Crippen LogP contribution in [-0.4, -0.2) is 22.5 Å². The number of rotatable bonds is 4. The number of aryl methyl sites for hydroxylation is 1. The first-order chi connectivity index (χ1) is 10.4. The molecular formula is C14H13F3N2O3. The van der Waals surface area contributed by atoms with Crippen molar-refractivity contribution in [2.45, 2.75) is 26.4 Å². The summed E-state index contributed by atoms with van der Waals surface area (Å²) in [5, 5.41) is 0. The van der Waals surface area contributed by atoms with Crippen molar-refractivity contribution in [3.63, 3.8) is 0 Å². The van der Waals surface area contributed by atoms with Crippen LogP contribution in [0.4, 0.5) is 13.2 Å². The number of halogens is 3. The van der Waals surface area contributed by atoms with Gasteiger partial charge in [0.05, 0.1) is 12.2 Å². The Morgan fingerprint density at radius 1 is 1.32 bits per heavy atom. The van der Waals surface area contributed by atoms with Crippen molar-refractivity contribution in [1.82, 2.24) is 9.97 Å². The van der Waals surface area contributed by atoms with E-state index in [1.54, 1.807) is 13.8 Å². The summed E-state index contributed by atoms with van der Waals surface area (Å²) in [6.45, 7) is 3.61. The fourth-order valence-electron chi connectivity index (χ4n) is 1.76. The summed E-state index contributed by atoms with van der Waals surface area (Å²) in [7, 11) is 0. The number of carbonyl (C=O) groups is 1. The van der Waals surface area contributed by atoms with Crippen LogP contribution in [0.5, 0.6) is 0 Å². The molecule has 2 aromatic heterocycles. The van der Waals surface area contributed by atoms with E-state index in [9.17, 15) is 18.0 Å². The topological polar surface area (TPSA) is 65.2 Å². The Morgan fingerprint density at radius 3 is 2.55 bits per heavy atom. The number of esters is 1. The van der Waals surface area contributed by atoms with Gasteiger partial charge in [0.2, 0.25) is 5.89 Å². The molecular weight excluding hydrogens is 301 g/mol. The predicted octanol–water partition coefficient (Wildman–Crippen LogP) is 3.49. The van der Waals surface area contributed by atoms with Crippen molar-refractivity contribution < 1.29 is 27.1 Å². The Kier molecular flexibility index (Phi) is 4.48. The first-order valence-electron chi connectivity index (χ1n) is 6.57. The quantitative estimate of drug-likeness (QED) is 0.808. The van der Waals surface area contributed by atoms with Gasteiger partial charge in [-0.15, -0.1) is 0 Å². The van der Waals surface area contributed by atoms with E-state index in [4.69, 9.17) is 9.15 Å². The zero-order chi connectivity index (χ0) is 16.3. The van der Waals surface area contributed by atoms with Crippen molar-refractivity contribution >= 4 is 5.97 Å². The Bertz CT molecular complexity index is 663. The zero-order valence-electron chi connectivity index (χ0n) is 11.9. The second-order valence-electron chi connectivity index (χ2n) is 4.29. The van der Waals surface area contributed by atoms with Crippen LogP contribution in [0, 0.1) is 0 Å². The van der Waals surface area contributed by atoms with Gasteiger partial charge in [0.15, 0.2) is 5.69 Å². The Labute approximate surface area is 124 Å². The molecule has 5 nitrogen and oxygen atoms in total. The fourth-order valence-corrected chi connectivity index (χ4v) is 1.76. The molecule has 0 fully saturated rings. The second-order valence-corrected chi connectivity index (χ2v) is 4.29. The first-order valence-corrected chi connectivity index (χ1v) is 6.57. The van der Waals surface area contributed by atoms with Crippen molar-refractivity contribution in [3.8, 4) is 11.5 Å². The minimum Gasteiger partial charge on any atom is -0.461 e. The van der Waals surface area contributed by atoms with Gasteiger partial charge in [-0.3, -0.25) is 4.98 Å². The third-order valence-corrected chi connectivity index (χ3v) is 2.79. The van der Waals surface area contributed by atoms with E-state index in [1.165, 1.54) is 6.07 Å². The number of nitrogens with zero attached hydrogens (tertiary/aromatic N) is 2. The van der Waals surface area contributed by atoms with E-state index in [-0.39, 0.29) is 23.8 Å². The van der Waals surface area contributed by atoms with Gasteiger partial charge in [0.25, 0.3) is 0 Å². The van der Waals surface area contributed by atoms with Crippen LogP contribution in [0.2, 0.25) is 0 Å². The third-order valence-electron chi connectivity index (χ3n) is 2.79. The average Bonchev–Trinajstić information content (AvgIpc) is 2.91.